The molecular weight excluding hydrogens is 278 g/mol. The van der Waals surface area contributed by atoms with Gasteiger partial charge in [0.1, 0.15) is 11.8 Å². The van der Waals surface area contributed by atoms with Gasteiger partial charge < -0.3 is 10.2 Å². The third kappa shape index (κ3) is 3.29. The van der Waals surface area contributed by atoms with Crippen molar-refractivity contribution >= 4 is 17.6 Å². The van der Waals surface area contributed by atoms with Crippen molar-refractivity contribution in [1.29, 1.82) is 0 Å². The maximum atomic E-state index is 11.3. The molecule has 2 rings (SSSR count). The van der Waals surface area contributed by atoms with E-state index in [1.54, 1.807) is 42.5 Å². The Bertz CT molecular complexity index is 601. The molecule has 1 unspecified atom stereocenters. The van der Waals surface area contributed by atoms with Gasteiger partial charge in [-0.3, -0.25) is 10.1 Å². The quantitative estimate of drug-likeness (QED) is 0.792. The molecule has 0 aliphatic carbocycles. The molecule has 20 heavy (non-hydrogen) atoms. The van der Waals surface area contributed by atoms with Crippen molar-refractivity contribution in [2.75, 3.05) is 0 Å². The van der Waals surface area contributed by atoms with E-state index in [1.165, 1.54) is 0 Å². The van der Waals surface area contributed by atoms with Gasteiger partial charge in [-0.2, -0.15) is 0 Å². The van der Waals surface area contributed by atoms with Crippen LogP contribution >= 0.6 is 11.6 Å². The van der Waals surface area contributed by atoms with Crippen molar-refractivity contribution in [3.63, 3.8) is 0 Å². The van der Waals surface area contributed by atoms with Crippen LogP contribution in [0, 0.1) is 0 Å². The number of benzene rings is 2. The summed E-state index contributed by atoms with van der Waals surface area (Å²) in [4.78, 5) is 11.3. The van der Waals surface area contributed by atoms with E-state index in [4.69, 9.17) is 11.6 Å². The first-order chi connectivity index (χ1) is 9.59. The standard InChI is InChI=1S/C15H14ClNO3/c16-12-8-4-7-11(14(12)18)9-17-13(15(19)20)10-5-2-1-3-6-10/h1-8,13,17-18H,9H2,(H,19,20). The summed E-state index contributed by atoms with van der Waals surface area (Å²) in [6.07, 6.45) is 0. The first-order valence-electron chi connectivity index (χ1n) is 6.07. The van der Waals surface area contributed by atoms with Gasteiger partial charge in [-0.15, -0.1) is 0 Å². The molecule has 2 aromatic carbocycles. The number of hydrogen-bond donors (Lipinski definition) is 3. The van der Waals surface area contributed by atoms with Crippen LogP contribution in [-0.2, 0) is 11.3 Å². The maximum Gasteiger partial charge on any atom is 0.325 e. The second-order valence-electron chi connectivity index (χ2n) is 4.31. The predicted octanol–water partition coefficient (Wildman–Crippen LogP) is 2.96. The van der Waals surface area contributed by atoms with E-state index in [2.05, 4.69) is 5.32 Å². The zero-order valence-corrected chi connectivity index (χ0v) is 11.3. The molecule has 0 saturated carbocycles. The Labute approximate surface area is 121 Å². The highest BCUT2D eigenvalue weighted by Crippen LogP contribution is 2.27. The first kappa shape index (κ1) is 14.4. The van der Waals surface area contributed by atoms with Crippen molar-refractivity contribution in [1.82, 2.24) is 5.32 Å². The molecule has 104 valence electrons. The third-order valence-corrected chi connectivity index (χ3v) is 3.25. The molecule has 4 nitrogen and oxygen atoms in total. The molecule has 0 aliphatic rings. The number of phenols is 1. The summed E-state index contributed by atoms with van der Waals surface area (Å²) in [5.74, 6) is -1.00. The van der Waals surface area contributed by atoms with Crippen molar-refractivity contribution in [2.45, 2.75) is 12.6 Å². The highest BCUT2D eigenvalue weighted by molar-refractivity contribution is 6.32. The average Bonchev–Trinajstić information content (AvgIpc) is 2.44. The number of hydrogen-bond acceptors (Lipinski definition) is 3. The van der Waals surface area contributed by atoms with Crippen LogP contribution in [0.25, 0.3) is 0 Å². The minimum absolute atomic E-state index is 0.0288. The van der Waals surface area contributed by atoms with Crippen LogP contribution in [-0.4, -0.2) is 16.2 Å². The van der Waals surface area contributed by atoms with Crippen molar-refractivity contribution in [3.05, 3.63) is 64.7 Å². The summed E-state index contributed by atoms with van der Waals surface area (Å²) in [7, 11) is 0. The number of carboxylic acids is 1. The number of carboxylic acid groups (broad SMARTS) is 1. The van der Waals surface area contributed by atoms with Crippen LogP contribution in [0.4, 0.5) is 0 Å². The molecule has 0 heterocycles. The van der Waals surface area contributed by atoms with Crippen LogP contribution in [0.2, 0.25) is 5.02 Å². The smallest absolute Gasteiger partial charge is 0.325 e. The van der Waals surface area contributed by atoms with Crippen LogP contribution in [0.1, 0.15) is 17.2 Å². The molecule has 0 saturated heterocycles. The van der Waals surface area contributed by atoms with E-state index in [1.807, 2.05) is 6.07 Å². The average molecular weight is 292 g/mol. The van der Waals surface area contributed by atoms with E-state index in [9.17, 15) is 15.0 Å². The third-order valence-electron chi connectivity index (χ3n) is 2.95. The zero-order chi connectivity index (χ0) is 14.5. The molecule has 5 heteroatoms. The summed E-state index contributed by atoms with van der Waals surface area (Å²) < 4.78 is 0. The lowest BCUT2D eigenvalue weighted by molar-refractivity contribution is -0.139. The number of para-hydroxylation sites is 1. The van der Waals surface area contributed by atoms with Crippen LogP contribution in [0.5, 0.6) is 5.75 Å². The minimum atomic E-state index is -0.974. The lowest BCUT2D eigenvalue weighted by atomic mass is 10.1. The molecule has 0 spiro atoms. The number of aromatic hydroxyl groups is 1. The molecule has 2 aromatic rings. The summed E-state index contributed by atoms with van der Waals surface area (Å²) in [5.41, 5.74) is 1.21. The van der Waals surface area contributed by atoms with Crippen molar-refractivity contribution in [2.24, 2.45) is 0 Å². The number of aliphatic carboxylic acids is 1. The molecule has 0 aromatic heterocycles. The Morgan fingerprint density at radius 2 is 1.85 bits per heavy atom. The van der Waals surface area contributed by atoms with Crippen LogP contribution < -0.4 is 5.32 Å². The van der Waals surface area contributed by atoms with Gasteiger partial charge in [0, 0.05) is 12.1 Å². The Morgan fingerprint density at radius 1 is 1.15 bits per heavy atom. The number of nitrogens with one attached hydrogen (secondary N) is 1. The Kier molecular flexibility index (Phi) is 4.61. The summed E-state index contributed by atoms with van der Waals surface area (Å²) >= 11 is 5.81. The van der Waals surface area contributed by atoms with Gasteiger partial charge >= 0.3 is 5.97 Å². The number of phenolic OH excluding ortho intramolecular Hbond substituents is 1. The zero-order valence-electron chi connectivity index (χ0n) is 10.6. The SMILES string of the molecule is O=C(O)C(NCc1cccc(Cl)c1O)c1ccccc1. The van der Waals surface area contributed by atoms with Gasteiger partial charge in [-0.1, -0.05) is 54.1 Å². The summed E-state index contributed by atoms with van der Waals surface area (Å²) in [5, 5.41) is 22.2. The molecule has 0 bridgehead atoms. The van der Waals surface area contributed by atoms with E-state index < -0.39 is 12.0 Å². The topological polar surface area (TPSA) is 69.6 Å². The normalized spacial score (nSPS) is 12.1. The molecule has 0 fully saturated rings. The van der Waals surface area contributed by atoms with Gasteiger partial charge in [0.25, 0.3) is 0 Å². The van der Waals surface area contributed by atoms with Gasteiger partial charge in [0.2, 0.25) is 0 Å². The largest absolute Gasteiger partial charge is 0.506 e. The Morgan fingerprint density at radius 3 is 2.50 bits per heavy atom. The lowest BCUT2D eigenvalue weighted by Crippen LogP contribution is -2.28. The highest BCUT2D eigenvalue weighted by Gasteiger charge is 2.19. The molecular formula is C15H14ClNO3. The van der Waals surface area contributed by atoms with E-state index >= 15 is 0 Å². The summed E-state index contributed by atoms with van der Waals surface area (Å²) in [6, 6.07) is 13.0. The lowest BCUT2D eigenvalue weighted by Gasteiger charge is -2.15. The number of carbonyl (C=O) groups is 1. The molecule has 3 N–H and O–H groups in total. The van der Waals surface area contributed by atoms with Gasteiger partial charge in [-0.25, -0.2) is 0 Å². The van der Waals surface area contributed by atoms with Crippen molar-refractivity contribution in [3.8, 4) is 5.75 Å². The second kappa shape index (κ2) is 6.41. The minimum Gasteiger partial charge on any atom is -0.506 e. The van der Waals surface area contributed by atoms with Crippen LogP contribution in [0.3, 0.4) is 0 Å². The van der Waals surface area contributed by atoms with Gasteiger partial charge in [0.15, 0.2) is 0 Å². The molecule has 0 aliphatic heterocycles. The molecule has 1 atom stereocenters. The summed E-state index contributed by atoms with van der Waals surface area (Å²) in [6.45, 7) is 0.207. The van der Waals surface area contributed by atoms with Gasteiger partial charge in [0.05, 0.1) is 5.02 Å². The number of rotatable bonds is 5. The highest BCUT2D eigenvalue weighted by atomic mass is 35.5. The first-order valence-corrected chi connectivity index (χ1v) is 6.45. The van der Waals surface area contributed by atoms with E-state index in [0.717, 1.165) is 0 Å². The predicted molar refractivity (Wildman–Crippen MR) is 76.8 cm³/mol. The van der Waals surface area contributed by atoms with Crippen LogP contribution in [0.15, 0.2) is 48.5 Å². The second-order valence-corrected chi connectivity index (χ2v) is 4.72. The molecule has 0 radical (unpaired) electrons. The Balaban J connectivity index is 2.14. The fourth-order valence-corrected chi connectivity index (χ4v) is 2.10. The number of halogens is 1. The Hall–Kier alpha value is -2.04. The monoisotopic (exact) mass is 291 g/mol. The molecule has 0 amide bonds. The van der Waals surface area contributed by atoms with Crippen molar-refractivity contribution < 1.29 is 15.0 Å². The fraction of sp³-hybridized carbons (Fsp3) is 0.133. The van der Waals surface area contributed by atoms with Gasteiger partial charge in [-0.05, 0) is 11.6 Å². The maximum absolute atomic E-state index is 11.3. The van der Waals surface area contributed by atoms with E-state index in [0.29, 0.717) is 11.1 Å². The fourth-order valence-electron chi connectivity index (χ4n) is 1.91. The van der Waals surface area contributed by atoms with E-state index in [-0.39, 0.29) is 17.3 Å².